The molecular formula is C31H38N2O9S. The van der Waals surface area contributed by atoms with Gasteiger partial charge in [-0.1, -0.05) is 42.8 Å². The van der Waals surface area contributed by atoms with Crippen molar-refractivity contribution in [3.63, 3.8) is 0 Å². The van der Waals surface area contributed by atoms with Gasteiger partial charge in [-0.3, -0.25) is 14.3 Å². The third-order valence-electron chi connectivity index (χ3n) is 7.06. The number of nitro groups is 1. The van der Waals surface area contributed by atoms with Gasteiger partial charge < -0.3 is 14.8 Å². The van der Waals surface area contributed by atoms with Crippen LogP contribution in [0.3, 0.4) is 0 Å². The van der Waals surface area contributed by atoms with Crippen LogP contribution in [-0.2, 0) is 33.4 Å². The maximum Gasteiger partial charge on any atom is 0.336 e. The molecule has 1 N–H and O–H groups in total. The molecule has 2 atom stereocenters. The second-order valence-corrected chi connectivity index (χ2v) is 12.1. The monoisotopic (exact) mass is 614 g/mol. The standard InChI is InChI=1S/C31H38N2O9S/c1-6-40-30(34)27-22(4)32-23(5)28(29(27)25-12-7-8-13-26(25)33(36)37)31(35)41-18-10-9-11-21(3)19-42-43(38,39)24-16-14-20(2)15-17-24/h7-8,12-17,21,29,32H,6,9-11,18-19H2,1-5H3. The molecule has 0 amide bonds. The van der Waals surface area contributed by atoms with Crippen LogP contribution in [-0.4, -0.2) is 45.1 Å². The van der Waals surface area contributed by atoms with E-state index in [2.05, 4.69) is 5.32 Å². The molecule has 43 heavy (non-hydrogen) atoms. The second kappa shape index (κ2) is 14.9. The average Bonchev–Trinajstić information content (AvgIpc) is 2.95. The molecule has 0 aliphatic carbocycles. The van der Waals surface area contributed by atoms with Gasteiger partial charge in [0.25, 0.3) is 15.8 Å². The number of nitro benzene ring substituents is 1. The van der Waals surface area contributed by atoms with Gasteiger partial charge in [-0.2, -0.15) is 8.42 Å². The van der Waals surface area contributed by atoms with Crippen molar-refractivity contribution in [3.05, 3.63) is 92.3 Å². The number of hydrogen-bond acceptors (Lipinski definition) is 10. The smallest absolute Gasteiger partial charge is 0.336 e. The van der Waals surface area contributed by atoms with Crippen molar-refractivity contribution in [2.75, 3.05) is 19.8 Å². The molecular weight excluding hydrogens is 576 g/mol. The fraction of sp³-hybridized carbons (Fsp3) is 0.419. The zero-order chi connectivity index (χ0) is 31.7. The molecule has 232 valence electrons. The Labute approximate surface area is 252 Å². The molecule has 0 radical (unpaired) electrons. The summed E-state index contributed by atoms with van der Waals surface area (Å²) in [5.74, 6) is -2.52. The number of carbonyl (C=O) groups excluding carboxylic acids is 2. The van der Waals surface area contributed by atoms with Gasteiger partial charge in [0, 0.05) is 23.0 Å². The van der Waals surface area contributed by atoms with Gasteiger partial charge in [0.2, 0.25) is 0 Å². The summed E-state index contributed by atoms with van der Waals surface area (Å²) in [6.45, 7) is 8.86. The Hall–Kier alpha value is -4.03. The molecule has 0 bridgehead atoms. The first-order chi connectivity index (χ1) is 20.4. The van der Waals surface area contributed by atoms with Crippen molar-refractivity contribution in [3.8, 4) is 0 Å². The van der Waals surface area contributed by atoms with Crippen LogP contribution in [0.4, 0.5) is 5.69 Å². The third-order valence-corrected chi connectivity index (χ3v) is 8.36. The quantitative estimate of drug-likeness (QED) is 0.0955. The minimum absolute atomic E-state index is 0.0214. The van der Waals surface area contributed by atoms with E-state index in [-0.39, 0.29) is 53.0 Å². The number of esters is 2. The summed E-state index contributed by atoms with van der Waals surface area (Å²) >= 11 is 0. The third kappa shape index (κ3) is 8.51. The van der Waals surface area contributed by atoms with Crippen molar-refractivity contribution in [2.24, 2.45) is 5.92 Å². The van der Waals surface area contributed by atoms with E-state index in [9.17, 15) is 28.1 Å². The van der Waals surface area contributed by atoms with E-state index >= 15 is 0 Å². The van der Waals surface area contributed by atoms with Crippen LogP contribution in [0.5, 0.6) is 0 Å². The molecule has 0 fully saturated rings. The van der Waals surface area contributed by atoms with Crippen molar-refractivity contribution in [2.45, 2.75) is 64.7 Å². The number of allylic oxidation sites excluding steroid dienone is 2. The molecule has 2 aromatic carbocycles. The molecule has 12 heteroatoms. The highest BCUT2D eigenvalue weighted by atomic mass is 32.2. The van der Waals surface area contributed by atoms with Crippen molar-refractivity contribution in [1.82, 2.24) is 5.32 Å². The number of para-hydroxylation sites is 1. The van der Waals surface area contributed by atoms with E-state index in [4.69, 9.17) is 13.7 Å². The minimum Gasteiger partial charge on any atom is -0.463 e. The van der Waals surface area contributed by atoms with Crippen LogP contribution >= 0.6 is 0 Å². The Balaban J connectivity index is 1.65. The maximum absolute atomic E-state index is 13.4. The number of nitrogens with zero attached hydrogens (tertiary/aromatic N) is 1. The highest BCUT2D eigenvalue weighted by Crippen LogP contribution is 2.42. The maximum atomic E-state index is 13.4. The van der Waals surface area contributed by atoms with Gasteiger partial charge >= 0.3 is 11.9 Å². The molecule has 0 saturated carbocycles. The first-order valence-corrected chi connectivity index (χ1v) is 15.5. The lowest BCUT2D eigenvalue weighted by molar-refractivity contribution is -0.385. The Morgan fingerprint density at radius 2 is 1.56 bits per heavy atom. The molecule has 0 saturated heterocycles. The van der Waals surface area contributed by atoms with Crippen molar-refractivity contribution in [1.29, 1.82) is 0 Å². The van der Waals surface area contributed by atoms with Crippen LogP contribution in [0.15, 0.2) is 76.0 Å². The predicted octanol–water partition coefficient (Wildman–Crippen LogP) is 5.46. The summed E-state index contributed by atoms with van der Waals surface area (Å²) in [6.07, 6.45) is 1.77. The Morgan fingerprint density at radius 1 is 0.953 bits per heavy atom. The molecule has 0 aromatic heterocycles. The van der Waals surface area contributed by atoms with Crippen LogP contribution in [0.2, 0.25) is 0 Å². The van der Waals surface area contributed by atoms with E-state index in [1.807, 2.05) is 13.8 Å². The van der Waals surface area contributed by atoms with Crippen molar-refractivity contribution >= 4 is 27.7 Å². The predicted molar refractivity (Wildman–Crippen MR) is 159 cm³/mol. The normalized spacial score (nSPS) is 16.0. The van der Waals surface area contributed by atoms with Crippen LogP contribution in [0.25, 0.3) is 0 Å². The minimum atomic E-state index is -3.85. The Morgan fingerprint density at radius 3 is 2.16 bits per heavy atom. The summed E-state index contributed by atoms with van der Waals surface area (Å²) < 4.78 is 40.9. The molecule has 0 spiro atoms. The number of dihydropyridines is 1. The first kappa shape index (κ1) is 33.5. The lowest BCUT2D eigenvalue weighted by atomic mass is 9.79. The molecule has 11 nitrogen and oxygen atoms in total. The largest absolute Gasteiger partial charge is 0.463 e. The molecule has 1 aliphatic heterocycles. The van der Waals surface area contributed by atoms with Crippen molar-refractivity contribution < 1.29 is 36.6 Å². The van der Waals surface area contributed by atoms with Gasteiger partial charge in [-0.15, -0.1) is 0 Å². The SMILES string of the molecule is CCOC(=O)C1=C(C)NC(C)=C(C(=O)OCCCCC(C)COS(=O)(=O)c2ccc(C)cc2)C1c1ccccc1[N+](=O)[O-]. The zero-order valence-electron chi connectivity index (χ0n) is 25.0. The number of rotatable bonds is 14. The van der Waals surface area contributed by atoms with Gasteiger partial charge in [-0.25, -0.2) is 9.59 Å². The first-order valence-electron chi connectivity index (χ1n) is 14.1. The second-order valence-electron chi connectivity index (χ2n) is 10.5. The van der Waals surface area contributed by atoms with E-state index in [1.54, 1.807) is 39.0 Å². The summed E-state index contributed by atoms with van der Waals surface area (Å²) in [7, 11) is -3.85. The summed E-state index contributed by atoms with van der Waals surface area (Å²) in [4.78, 5) is 37.9. The van der Waals surface area contributed by atoms with Crippen LogP contribution < -0.4 is 5.32 Å². The van der Waals surface area contributed by atoms with Gasteiger partial charge in [0.1, 0.15) is 0 Å². The topological polar surface area (TPSA) is 151 Å². The van der Waals surface area contributed by atoms with Crippen LogP contribution in [0, 0.1) is 23.0 Å². The number of hydrogen-bond donors (Lipinski definition) is 1. The highest BCUT2D eigenvalue weighted by Gasteiger charge is 2.40. The number of carbonyl (C=O) groups is 2. The number of aryl methyl sites for hydroxylation is 1. The fourth-order valence-corrected chi connectivity index (χ4v) is 5.87. The highest BCUT2D eigenvalue weighted by molar-refractivity contribution is 7.86. The van der Waals surface area contributed by atoms with E-state index in [0.29, 0.717) is 30.7 Å². The Kier molecular flexibility index (Phi) is 11.6. The number of unbranched alkanes of at least 4 members (excludes halogenated alkanes) is 1. The summed E-state index contributed by atoms with van der Waals surface area (Å²) in [6, 6.07) is 12.4. The number of nitrogens with one attached hydrogen (secondary N) is 1. The fourth-order valence-electron chi connectivity index (χ4n) is 4.85. The lowest BCUT2D eigenvalue weighted by Gasteiger charge is -2.30. The molecule has 3 rings (SSSR count). The zero-order valence-corrected chi connectivity index (χ0v) is 25.9. The van der Waals surface area contributed by atoms with Gasteiger partial charge in [-0.05, 0) is 65.0 Å². The molecule has 1 aliphatic rings. The van der Waals surface area contributed by atoms with E-state index in [1.165, 1.54) is 30.3 Å². The molecule has 2 unspecified atom stereocenters. The van der Waals surface area contributed by atoms with Gasteiger partial charge in [0.05, 0.1) is 46.7 Å². The molecule has 2 aromatic rings. The van der Waals surface area contributed by atoms with E-state index in [0.717, 1.165) is 5.56 Å². The van der Waals surface area contributed by atoms with Gasteiger partial charge in [0.15, 0.2) is 0 Å². The molecule has 1 heterocycles. The summed E-state index contributed by atoms with van der Waals surface area (Å²) in [5, 5.41) is 14.9. The summed E-state index contributed by atoms with van der Waals surface area (Å²) in [5.41, 5.74) is 1.92. The average molecular weight is 615 g/mol. The Bertz CT molecular complexity index is 1510. The lowest BCUT2D eigenvalue weighted by Crippen LogP contribution is -2.33. The number of ether oxygens (including phenoxy) is 2. The number of benzene rings is 2. The van der Waals surface area contributed by atoms with Crippen LogP contribution in [0.1, 0.15) is 64.0 Å². The van der Waals surface area contributed by atoms with E-state index < -0.39 is 32.9 Å².